The van der Waals surface area contributed by atoms with E-state index in [-0.39, 0.29) is 12.3 Å². The smallest absolute Gasteiger partial charge is 0.411 e. The standard InChI is InChI=1S/C16H21NO5/c1-16(2,3)22-15(20)17-9-11-7-12(18)6-5-10(11)8-13(17)14(19)21-4/h5-7,13,18H,8-9H2,1-4H3/t13-/m1/s1. The molecule has 1 N–H and O–H groups in total. The van der Waals surface area contributed by atoms with Gasteiger partial charge in [-0.2, -0.15) is 0 Å². The first-order chi connectivity index (χ1) is 10.2. The topological polar surface area (TPSA) is 76.1 Å². The Morgan fingerprint density at radius 1 is 1.27 bits per heavy atom. The average Bonchev–Trinajstić information content (AvgIpc) is 2.43. The number of esters is 1. The van der Waals surface area contributed by atoms with Gasteiger partial charge in [-0.25, -0.2) is 9.59 Å². The predicted molar refractivity (Wildman–Crippen MR) is 79.4 cm³/mol. The summed E-state index contributed by atoms with van der Waals surface area (Å²) in [4.78, 5) is 25.7. The van der Waals surface area contributed by atoms with Gasteiger partial charge in [0.1, 0.15) is 17.4 Å². The minimum Gasteiger partial charge on any atom is -0.508 e. The first kappa shape index (κ1) is 16.1. The Morgan fingerprint density at radius 2 is 1.95 bits per heavy atom. The van der Waals surface area contributed by atoms with Crippen molar-refractivity contribution >= 4 is 12.1 Å². The number of methoxy groups -OCH3 is 1. The molecule has 1 amide bonds. The number of nitrogens with zero attached hydrogens (tertiary/aromatic N) is 1. The second-order valence-corrected chi connectivity index (χ2v) is 6.30. The zero-order valence-corrected chi connectivity index (χ0v) is 13.3. The Hall–Kier alpha value is -2.24. The largest absolute Gasteiger partial charge is 0.508 e. The average molecular weight is 307 g/mol. The molecule has 0 bridgehead atoms. The summed E-state index contributed by atoms with van der Waals surface area (Å²) in [6.07, 6.45) is -0.237. The van der Waals surface area contributed by atoms with Crippen LogP contribution in [0.15, 0.2) is 18.2 Å². The minimum absolute atomic E-state index is 0.124. The molecule has 1 heterocycles. The van der Waals surface area contributed by atoms with Crippen LogP contribution in [0.2, 0.25) is 0 Å². The third-order valence-electron chi connectivity index (χ3n) is 3.42. The number of phenolic OH excluding ortho intramolecular Hbond substituents is 1. The van der Waals surface area contributed by atoms with Crippen molar-refractivity contribution in [2.75, 3.05) is 7.11 Å². The SMILES string of the molecule is COC(=O)[C@H]1Cc2ccc(O)cc2CN1C(=O)OC(C)(C)C. The van der Waals surface area contributed by atoms with Gasteiger partial charge in [-0.05, 0) is 44.0 Å². The number of hydrogen-bond donors (Lipinski definition) is 1. The Morgan fingerprint density at radius 3 is 2.55 bits per heavy atom. The van der Waals surface area contributed by atoms with Crippen LogP contribution in [0.3, 0.4) is 0 Å². The summed E-state index contributed by atoms with van der Waals surface area (Å²) < 4.78 is 10.2. The Labute approximate surface area is 129 Å². The van der Waals surface area contributed by atoms with Gasteiger partial charge in [-0.3, -0.25) is 4.90 Å². The van der Waals surface area contributed by atoms with E-state index in [2.05, 4.69) is 0 Å². The van der Waals surface area contributed by atoms with Crippen molar-refractivity contribution < 1.29 is 24.2 Å². The molecule has 0 aromatic heterocycles. The van der Waals surface area contributed by atoms with Crippen molar-refractivity contribution in [3.63, 3.8) is 0 Å². The van der Waals surface area contributed by atoms with Gasteiger partial charge in [0.2, 0.25) is 0 Å². The molecule has 0 fully saturated rings. The third-order valence-corrected chi connectivity index (χ3v) is 3.42. The van der Waals surface area contributed by atoms with Crippen molar-refractivity contribution in [3.8, 4) is 5.75 Å². The molecule has 1 aromatic rings. The number of amides is 1. The summed E-state index contributed by atoms with van der Waals surface area (Å²) in [7, 11) is 1.29. The van der Waals surface area contributed by atoms with E-state index in [0.717, 1.165) is 11.1 Å². The summed E-state index contributed by atoms with van der Waals surface area (Å²) in [5, 5.41) is 9.59. The summed E-state index contributed by atoms with van der Waals surface area (Å²) in [6.45, 7) is 5.49. The molecule has 1 aromatic carbocycles. The molecule has 2 rings (SSSR count). The zero-order chi connectivity index (χ0) is 16.5. The van der Waals surface area contributed by atoms with Crippen LogP contribution in [0.25, 0.3) is 0 Å². The normalized spacial score (nSPS) is 17.6. The van der Waals surface area contributed by atoms with Crippen LogP contribution in [0, 0.1) is 0 Å². The van der Waals surface area contributed by atoms with Gasteiger partial charge < -0.3 is 14.6 Å². The molecule has 1 aliphatic rings. The quantitative estimate of drug-likeness (QED) is 0.805. The fraction of sp³-hybridized carbons (Fsp3) is 0.500. The molecular weight excluding hydrogens is 286 g/mol. The number of fused-ring (bicyclic) bond motifs is 1. The monoisotopic (exact) mass is 307 g/mol. The number of hydrogen-bond acceptors (Lipinski definition) is 5. The van der Waals surface area contributed by atoms with Gasteiger partial charge in [0.05, 0.1) is 13.7 Å². The van der Waals surface area contributed by atoms with Crippen molar-refractivity contribution in [1.29, 1.82) is 0 Å². The highest BCUT2D eigenvalue weighted by atomic mass is 16.6. The van der Waals surface area contributed by atoms with E-state index in [1.54, 1.807) is 39.0 Å². The van der Waals surface area contributed by atoms with E-state index < -0.39 is 23.7 Å². The molecule has 0 aliphatic carbocycles. The van der Waals surface area contributed by atoms with Gasteiger partial charge in [-0.1, -0.05) is 6.07 Å². The maximum Gasteiger partial charge on any atom is 0.411 e. The molecule has 0 saturated heterocycles. The highest BCUT2D eigenvalue weighted by molar-refractivity contribution is 5.82. The van der Waals surface area contributed by atoms with E-state index in [1.165, 1.54) is 12.0 Å². The van der Waals surface area contributed by atoms with Gasteiger partial charge in [0, 0.05) is 6.42 Å². The lowest BCUT2D eigenvalue weighted by molar-refractivity contribution is -0.147. The molecule has 0 spiro atoms. The number of phenols is 1. The lowest BCUT2D eigenvalue weighted by Gasteiger charge is -2.36. The summed E-state index contributed by atoms with van der Waals surface area (Å²) in [5.74, 6) is -0.357. The van der Waals surface area contributed by atoms with E-state index in [0.29, 0.717) is 6.42 Å². The number of ether oxygens (including phenoxy) is 2. The minimum atomic E-state index is -0.725. The molecule has 0 unspecified atom stereocenters. The van der Waals surface area contributed by atoms with Crippen molar-refractivity contribution in [1.82, 2.24) is 4.90 Å². The van der Waals surface area contributed by atoms with Crippen LogP contribution < -0.4 is 0 Å². The first-order valence-corrected chi connectivity index (χ1v) is 7.09. The van der Waals surface area contributed by atoms with Gasteiger partial charge in [-0.15, -0.1) is 0 Å². The van der Waals surface area contributed by atoms with E-state index in [4.69, 9.17) is 9.47 Å². The second-order valence-electron chi connectivity index (χ2n) is 6.30. The molecule has 120 valence electrons. The fourth-order valence-corrected chi connectivity index (χ4v) is 2.43. The zero-order valence-electron chi connectivity index (χ0n) is 13.3. The number of carbonyl (C=O) groups excluding carboxylic acids is 2. The van der Waals surface area contributed by atoms with Crippen LogP contribution in [-0.4, -0.2) is 40.8 Å². The Balaban J connectivity index is 2.32. The first-order valence-electron chi connectivity index (χ1n) is 7.09. The van der Waals surface area contributed by atoms with Gasteiger partial charge in [0.15, 0.2) is 0 Å². The maximum atomic E-state index is 12.4. The van der Waals surface area contributed by atoms with E-state index in [1.807, 2.05) is 0 Å². The molecule has 0 radical (unpaired) electrons. The van der Waals surface area contributed by atoms with Crippen LogP contribution >= 0.6 is 0 Å². The number of benzene rings is 1. The molecule has 1 aliphatic heterocycles. The van der Waals surface area contributed by atoms with E-state index in [9.17, 15) is 14.7 Å². The fourth-order valence-electron chi connectivity index (χ4n) is 2.43. The lowest BCUT2D eigenvalue weighted by Crippen LogP contribution is -2.50. The molecular formula is C16H21NO5. The third kappa shape index (κ3) is 3.50. The Kier molecular flexibility index (Phi) is 4.30. The van der Waals surface area contributed by atoms with Crippen LogP contribution in [0.4, 0.5) is 4.79 Å². The maximum absolute atomic E-state index is 12.4. The van der Waals surface area contributed by atoms with Crippen molar-refractivity contribution in [3.05, 3.63) is 29.3 Å². The summed E-state index contributed by atoms with van der Waals surface area (Å²) >= 11 is 0. The number of carbonyl (C=O) groups is 2. The van der Waals surface area contributed by atoms with Crippen molar-refractivity contribution in [2.45, 2.75) is 45.4 Å². The van der Waals surface area contributed by atoms with Crippen LogP contribution in [0.5, 0.6) is 5.75 Å². The van der Waals surface area contributed by atoms with Gasteiger partial charge >= 0.3 is 12.1 Å². The highest BCUT2D eigenvalue weighted by Gasteiger charge is 2.37. The number of rotatable bonds is 1. The molecule has 6 heteroatoms. The summed E-state index contributed by atoms with van der Waals surface area (Å²) in [5.41, 5.74) is 1.05. The molecule has 1 atom stereocenters. The van der Waals surface area contributed by atoms with E-state index >= 15 is 0 Å². The lowest BCUT2D eigenvalue weighted by atomic mass is 9.94. The predicted octanol–water partition coefficient (Wildman–Crippen LogP) is 2.23. The van der Waals surface area contributed by atoms with Crippen LogP contribution in [0.1, 0.15) is 31.9 Å². The second kappa shape index (κ2) is 5.87. The summed E-state index contributed by atoms with van der Waals surface area (Å²) in [6, 6.07) is 4.20. The Bertz CT molecular complexity index is 591. The molecule has 0 saturated carbocycles. The van der Waals surface area contributed by atoms with Crippen LogP contribution in [-0.2, 0) is 27.2 Å². The molecule has 6 nitrogen and oxygen atoms in total. The molecule has 22 heavy (non-hydrogen) atoms. The highest BCUT2D eigenvalue weighted by Crippen LogP contribution is 2.28. The van der Waals surface area contributed by atoms with Crippen molar-refractivity contribution in [2.24, 2.45) is 0 Å². The number of aromatic hydroxyl groups is 1. The van der Waals surface area contributed by atoms with Gasteiger partial charge in [0.25, 0.3) is 0 Å².